The highest BCUT2D eigenvalue weighted by atomic mass is 16.5. The van der Waals surface area contributed by atoms with Crippen LogP contribution in [0.5, 0.6) is 0 Å². The molecule has 0 aromatic rings. The number of carbonyl (C=O) groups excluding carboxylic acids is 1. The second-order valence-corrected chi connectivity index (χ2v) is 4.46. The van der Waals surface area contributed by atoms with Gasteiger partial charge in [-0.2, -0.15) is 0 Å². The van der Waals surface area contributed by atoms with Crippen LogP contribution in [0.25, 0.3) is 0 Å². The fourth-order valence-electron chi connectivity index (χ4n) is 2.68. The van der Waals surface area contributed by atoms with E-state index in [0.717, 1.165) is 19.3 Å². The molecule has 88 valence electrons. The zero-order valence-corrected chi connectivity index (χ0v) is 9.74. The van der Waals surface area contributed by atoms with Crippen molar-refractivity contribution in [3.8, 4) is 0 Å². The van der Waals surface area contributed by atoms with Gasteiger partial charge in [0.25, 0.3) is 0 Å². The van der Waals surface area contributed by atoms with Gasteiger partial charge in [-0.15, -0.1) is 0 Å². The highest BCUT2D eigenvalue weighted by Gasteiger charge is 2.33. The zero-order chi connectivity index (χ0) is 11.3. The summed E-state index contributed by atoms with van der Waals surface area (Å²) in [6.07, 6.45) is 3.68. The highest BCUT2D eigenvalue weighted by Crippen LogP contribution is 2.39. The predicted octanol–water partition coefficient (Wildman–Crippen LogP) is 1.98. The van der Waals surface area contributed by atoms with Gasteiger partial charge in [0.05, 0.1) is 6.61 Å². The van der Waals surface area contributed by atoms with Crippen molar-refractivity contribution >= 4 is 5.97 Å². The fourth-order valence-corrected chi connectivity index (χ4v) is 2.68. The summed E-state index contributed by atoms with van der Waals surface area (Å²) in [5.41, 5.74) is 0. The minimum Gasteiger partial charge on any atom is -0.466 e. The smallest absolute Gasteiger partial charge is 0.306 e. The standard InChI is InChI=1S/C12H22O3/c1-3-10-5-9(6-11(10)8-13)7-12(14)15-4-2/h9-11,13H,3-8H2,1-2H3/t9-,10-,11-/m1/s1. The average Bonchev–Trinajstić information content (AvgIpc) is 2.60. The van der Waals surface area contributed by atoms with Gasteiger partial charge in [-0.3, -0.25) is 4.79 Å². The first-order chi connectivity index (χ1) is 7.21. The number of aliphatic hydroxyl groups excluding tert-OH is 1. The third-order valence-electron chi connectivity index (χ3n) is 3.46. The van der Waals surface area contributed by atoms with Gasteiger partial charge in [0.15, 0.2) is 0 Å². The van der Waals surface area contributed by atoms with Crippen LogP contribution in [0.15, 0.2) is 0 Å². The van der Waals surface area contributed by atoms with Crippen molar-refractivity contribution in [1.29, 1.82) is 0 Å². The lowest BCUT2D eigenvalue weighted by atomic mass is 9.95. The maximum Gasteiger partial charge on any atom is 0.306 e. The molecule has 0 amide bonds. The first-order valence-corrected chi connectivity index (χ1v) is 5.97. The van der Waals surface area contributed by atoms with Crippen LogP contribution in [0.3, 0.4) is 0 Å². The molecule has 0 bridgehead atoms. The van der Waals surface area contributed by atoms with Gasteiger partial charge in [0, 0.05) is 13.0 Å². The summed E-state index contributed by atoms with van der Waals surface area (Å²) in [4.78, 5) is 11.3. The molecule has 0 aromatic carbocycles. The summed E-state index contributed by atoms with van der Waals surface area (Å²) in [5.74, 6) is 1.32. The molecule has 1 fully saturated rings. The lowest BCUT2D eigenvalue weighted by Crippen LogP contribution is -2.11. The van der Waals surface area contributed by atoms with Crippen molar-refractivity contribution in [2.45, 2.75) is 39.5 Å². The van der Waals surface area contributed by atoms with Crippen molar-refractivity contribution in [3.63, 3.8) is 0 Å². The van der Waals surface area contributed by atoms with Crippen molar-refractivity contribution in [3.05, 3.63) is 0 Å². The Kier molecular flexibility index (Phi) is 5.09. The summed E-state index contributed by atoms with van der Waals surface area (Å²) in [6.45, 7) is 4.71. The van der Waals surface area contributed by atoms with E-state index in [1.165, 1.54) is 0 Å². The van der Waals surface area contributed by atoms with Gasteiger partial charge >= 0.3 is 5.97 Å². The molecule has 3 nitrogen and oxygen atoms in total. The van der Waals surface area contributed by atoms with E-state index < -0.39 is 0 Å². The van der Waals surface area contributed by atoms with E-state index >= 15 is 0 Å². The molecule has 1 aliphatic carbocycles. The molecular weight excluding hydrogens is 192 g/mol. The lowest BCUT2D eigenvalue weighted by Gasteiger charge is -2.13. The quantitative estimate of drug-likeness (QED) is 0.712. The maximum absolute atomic E-state index is 11.3. The normalized spacial score (nSPS) is 30.5. The molecule has 0 aromatic heterocycles. The van der Waals surface area contributed by atoms with Crippen molar-refractivity contribution in [2.24, 2.45) is 17.8 Å². The van der Waals surface area contributed by atoms with Crippen molar-refractivity contribution in [1.82, 2.24) is 0 Å². The number of esters is 1. The predicted molar refractivity (Wildman–Crippen MR) is 58.3 cm³/mol. The second-order valence-electron chi connectivity index (χ2n) is 4.46. The molecule has 0 radical (unpaired) electrons. The first kappa shape index (κ1) is 12.5. The SMILES string of the molecule is CCOC(=O)C[C@@H]1C[C@@H](CC)[C@@H](CO)C1. The Morgan fingerprint density at radius 1 is 1.33 bits per heavy atom. The topological polar surface area (TPSA) is 46.5 Å². The van der Waals surface area contributed by atoms with Gasteiger partial charge in [-0.25, -0.2) is 0 Å². The highest BCUT2D eigenvalue weighted by molar-refractivity contribution is 5.69. The number of ether oxygens (including phenoxy) is 1. The summed E-state index contributed by atoms with van der Waals surface area (Å²) in [5, 5.41) is 9.21. The number of hydrogen-bond acceptors (Lipinski definition) is 3. The van der Waals surface area contributed by atoms with Crippen LogP contribution < -0.4 is 0 Å². The van der Waals surface area contributed by atoms with E-state index in [2.05, 4.69) is 6.92 Å². The van der Waals surface area contributed by atoms with Crippen LogP contribution in [0.1, 0.15) is 39.5 Å². The molecule has 1 N–H and O–H groups in total. The van der Waals surface area contributed by atoms with Gasteiger partial charge in [-0.05, 0) is 37.5 Å². The molecule has 1 rings (SSSR count). The van der Waals surface area contributed by atoms with E-state index in [-0.39, 0.29) is 12.6 Å². The number of hydrogen-bond donors (Lipinski definition) is 1. The zero-order valence-electron chi connectivity index (χ0n) is 9.74. The Bertz CT molecular complexity index is 191. The Morgan fingerprint density at radius 2 is 2.00 bits per heavy atom. The molecule has 3 heteroatoms. The second kappa shape index (κ2) is 6.11. The molecule has 1 saturated carbocycles. The van der Waals surface area contributed by atoms with E-state index in [0.29, 0.717) is 30.8 Å². The molecule has 15 heavy (non-hydrogen) atoms. The van der Waals surface area contributed by atoms with E-state index in [9.17, 15) is 9.90 Å². The minimum atomic E-state index is -0.0871. The summed E-state index contributed by atoms with van der Waals surface area (Å²) in [7, 11) is 0. The molecule has 0 aliphatic heterocycles. The maximum atomic E-state index is 11.3. The summed E-state index contributed by atoms with van der Waals surface area (Å²) >= 11 is 0. The van der Waals surface area contributed by atoms with E-state index in [4.69, 9.17) is 4.74 Å². The Labute approximate surface area is 91.8 Å². The summed E-state index contributed by atoms with van der Waals surface area (Å²) in [6, 6.07) is 0. The number of aliphatic hydroxyl groups is 1. The Hall–Kier alpha value is -0.570. The van der Waals surface area contributed by atoms with Crippen LogP contribution >= 0.6 is 0 Å². The molecule has 1 aliphatic rings. The fraction of sp³-hybridized carbons (Fsp3) is 0.917. The third kappa shape index (κ3) is 3.49. The van der Waals surface area contributed by atoms with Gasteiger partial charge in [0.2, 0.25) is 0 Å². The van der Waals surface area contributed by atoms with Crippen LogP contribution in [0, 0.1) is 17.8 Å². The van der Waals surface area contributed by atoms with Crippen molar-refractivity contribution in [2.75, 3.05) is 13.2 Å². The van der Waals surface area contributed by atoms with Crippen LogP contribution in [0.4, 0.5) is 0 Å². The van der Waals surface area contributed by atoms with Crippen LogP contribution in [0.2, 0.25) is 0 Å². The van der Waals surface area contributed by atoms with Crippen molar-refractivity contribution < 1.29 is 14.6 Å². The van der Waals surface area contributed by atoms with E-state index in [1.807, 2.05) is 6.92 Å². The molecule has 3 atom stereocenters. The lowest BCUT2D eigenvalue weighted by molar-refractivity contribution is -0.144. The molecule has 0 unspecified atom stereocenters. The molecular formula is C12H22O3. The Morgan fingerprint density at radius 3 is 2.47 bits per heavy atom. The number of carbonyl (C=O) groups is 1. The van der Waals surface area contributed by atoms with Gasteiger partial charge < -0.3 is 9.84 Å². The Balaban J connectivity index is 2.36. The first-order valence-electron chi connectivity index (χ1n) is 5.97. The van der Waals surface area contributed by atoms with E-state index in [1.54, 1.807) is 0 Å². The number of rotatable bonds is 5. The summed E-state index contributed by atoms with van der Waals surface area (Å²) < 4.78 is 4.94. The third-order valence-corrected chi connectivity index (χ3v) is 3.46. The molecule has 0 spiro atoms. The largest absolute Gasteiger partial charge is 0.466 e. The van der Waals surface area contributed by atoms with Crippen LogP contribution in [-0.2, 0) is 9.53 Å². The van der Waals surface area contributed by atoms with Gasteiger partial charge in [0.1, 0.15) is 0 Å². The molecule has 0 heterocycles. The monoisotopic (exact) mass is 214 g/mol. The molecule has 0 saturated heterocycles. The van der Waals surface area contributed by atoms with Gasteiger partial charge in [-0.1, -0.05) is 13.3 Å². The van der Waals surface area contributed by atoms with Crippen LogP contribution in [-0.4, -0.2) is 24.3 Å². The minimum absolute atomic E-state index is 0.0871. The average molecular weight is 214 g/mol.